The average molecular weight is 707 g/mol. The number of sulfonamides is 1. The van der Waals surface area contributed by atoms with E-state index in [9.17, 15) is 22.0 Å². The molecule has 0 unspecified atom stereocenters. The lowest BCUT2D eigenvalue weighted by molar-refractivity contribution is -0.130. The Hall–Kier alpha value is -3.04. The number of halogens is 2. The maximum absolute atomic E-state index is 14.6. The number of amides is 1. The van der Waals surface area contributed by atoms with Crippen molar-refractivity contribution in [1.82, 2.24) is 29.2 Å². The molecule has 3 aliphatic rings. The fourth-order valence-corrected chi connectivity index (χ4v) is 9.52. The first-order valence-electron chi connectivity index (χ1n) is 15.9. The van der Waals surface area contributed by atoms with Gasteiger partial charge in [0.2, 0.25) is 5.91 Å². The number of likely N-dealkylation sites (tertiary alicyclic amines) is 1. The molecule has 0 bridgehead atoms. The van der Waals surface area contributed by atoms with Gasteiger partial charge >= 0.3 is 5.66 Å². The molecule has 2 aromatic heterocycles. The van der Waals surface area contributed by atoms with E-state index in [4.69, 9.17) is 11.3 Å². The molecule has 1 amide bonds. The number of carbonyl (C=O) groups is 1. The molecule has 2 aliphatic heterocycles. The van der Waals surface area contributed by atoms with Crippen LogP contribution in [0.5, 0.6) is 0 Å². The number of rotatable bonds is 12. The molecular weight excluding hydrogens is 667 g/mol. The van der Waals surface area contributed by atoms with E-state index in [1.807, 2.05) is 4.90 Å². The molecule has 3 aromatic rings. The lowest BCUT2D eigenvalue weighted by Crippen LogP contribution is -2.45. The highest BCUT2D eigenvalue weighted by molar-refractivity contribution is 7.89. The van der Waals surface area contributed by atoms with E-state index in [-0.39, 0.29) is 34.3 Å². The summed E-state index contributed by atoms with van der Waals surface area (Å²) < 4.78 is 64.8. The van der Waals surface area contributed by atoms with Gasteiger partial charge in [0.1, 0.15) is 12.4 Å². The molecule has 1 aromatic carbocycles. The lowest BCUT2D eigenvalue weighted by atomic mass is 10.0. The van der Waals surface area contributed by atoms with Crippen LogP contribution in [0.1, 0.15) is 50.0 Å². The van der Waals surface area contributed by atoms with Crippen molar-refractivity contribution in [2.24, 2.45) is 7.05 Å². The zero-order valence-electron chi connectivity index (χ0n) is 27.1. The van der Waals surface area contributed by atoms with Crippen LogP contribution >= 0.6 is 11.3 Å². The van der Waals surface area contributed by atoms with Crippen LogP contribution in [0, 0.1) is 6.57 Å². The minimum absolute atomic E-state index is 0.0339. The minimum Gasteiger partial charge on any atom is -0.370 e. The van der Waals surface area contributed by atoms with E-state index in [1.54, 1.807) is 17.8 Å². The summed E-state index contributed by atoms with van der Waals surface area (Å²) in [5.41, 5.74) is 0.302. The van der Waals surface area contributed by atoms with E-state index in [2.05, 4.69) is 44.7 Å². The summed E-state index contributed by atoms with van der Waals surface area (Å²) in [7, 11) is -3.98. The van der Waals surface area contributed by atoms with Crippen molar-refractivity contribution in [3.63, 3.8) is 0 Å². The second kappa shape index (κ2) is 12.8. The second-order valence-electron chi connectivity index (χ2n) is 13.8. The Morgan fingerprint density at radius 1 is 1.19 bits per heavy atom. The van der Waals surface area contributed by atoms with Crippen LogP contribution in [0.25, 0.3) is 26.4 Å². The van der Waals surface area contributed by atoms with Crippen molar-refractivity contribution < 1.29 is 26.7 Å². The first kappa shape index (κ1) is 33.8. The van der Waals surface area contributed by atoms with Gasteiger partial charge in [0.25, 0.3) is 16.4 Å². The molecule has 17 heteroatoms. The summed E-state index contributed by atoms with van der Waals surface area (Å²) in [6.07, 6.45) is 0.892. The van der Waals surface area contributed by atoms with Gasteiger partial charge in [0, 0.05) is 59.2 Å². The number of nitrogens with zero attached hydrogens (tertiary/aromatic N) is 8. The Morgan fingerprint density at radius 3 is 2.49 bits per heavy atom. The highest BCUT2D eigenvalue weighted by Crippen LogP contribution is 2.47. The number of aromatic nitrogens is 4. The third-order valence-electron chi connectivity index (χ3n) is 9.24. The van der Waals surface area contributed by atoms with Gasteiger partial charge in [0.05, 0.1) is 28.9 Å². The summed E-state index contributed by atoms with van der Waals surface area (Å²) in [5, 5.41) is 12.4. The zero-order chi connectivity index (χ0) is 33.7. The molecule has 4 heterocycles. The second-order valence-corrected chi connectivity index (χ2v) is 22.3. The van der Waals surface area contributed by atoms with Gasteiger partial charge < -0.3 is 14.5 Å². The highest BCUT2D eigenvalue weighted by atomic mass is 32.2. The number of piperidine rings is 1. The molecule has 47 heavy (non-hydrogen) atoms. The molecule has 2 saturated heterocycles. The molecule has 3 fully saturated rings. The number of anilines is 1. The van der Waals surface area contributed by atoms with Crippen molar-refractivity contribution in [2.75, 3.05) is 37.9 Å². The van der Waals surface area contributed by atoms with Gasteiger partial charge in [-0.15, -0.1) is 10.2 Å². The molecule has 0 spiro atoms. The predicted octanol–water partition coefficient (Wildman–Crippen LogP) is 5.33. The first-order chi connectivity index (χ1) is 22.2. The number of carbonyl (C=O) groups excluding carboxylic acids is 1. The van der Waals surface area contributed by atoms with E-state index < -0.39 is 35.2 Å². The Labute approximate surface area is 278 Å². The topological polar surface area (TPSA) is 118 Å². The van der Waals surface area contributed by atoms with Gasteiger partial charge in [0.15, 0.2) is 10.0 Å². The minimum atomic E-state index is -4.27. The van der Waals surface area contributed by atoms with Crippen molar-refractivity contribution in [3.8, 4) is 10.7 Å². The summed E-state index contributed by atoms with van der Waals surface area (Å²) in [4.78, 5) is 20.2. The Morgan fingerprint density at radius 2 is 1.91 bits per heavy atom. The summed E-state index contributed by atoms with van der Waals surface area (Å²) in [6, 6.07) is 4.11. The normalized spacial score (nSPS) is 19.0. The standard InChI is InChI=1S/C30H40F2N8O4S2Si/c1-33-30(10-11-30)40(19-44-15-16-47(3,4)5)46(42,43)21-17-22-25(28-34-35-29(45-28)27(31)32)36-37(2)26(22)23(18-21)38-13-8-20(9-14-38)39-12-6-7-24(39)41/h17-18,20,27H,6-16,19H2,2-5H3. The van der Waals surface area contributed by atoms with Gasteiger partial charge in [-0.2, -0.15) is 5.10 Å². The number of aryl methyl sites for hydroxylation is 1. The van der Waals surface area contributed by atoms with Crippen LogP contribution in [0.2, 0.25) is 25.7 Å². The Kier molecular flexibility index (Phi) is 9.19. The van der Waals surface area contributed by atoms with Crippen molar-refractivity contribution >= 4 is 51.9 Å². The smallest absolute Gasteiger partial charge is 0.303 e. The average Bonchev–Trinajstić information content (AvgIpc) is 3.30. The van der Waals surface area contributed by atoms with Crippen molar-refractivity contribution in [1.29, 1.82) is 0 Å². The number of fused-ring (bicyclic) bond motifs is 1. The number of hydrogen-bond donors (Lipinski definition) is 0. The van der Waals surface area contributed by atoms with E-state index in [0.717, 1.165) is 31.9 Å². The van der Waals surface area contributed by atoms with Crippen LogP contribution < -0.4 is 4.90 Å². The van der Waals surface area contributed by atoms with Crippen LogP contribution in [0.4, 0.5) is 14.5 Å². The van der Waals surface area contributed by atoms with Gasteiger partial charge in [-0.3, -0.25) is 14.3 Å². The quantitative estimate of drug-likeness (QED) is 0.107. The molecule has 0 atom stereocenters. The molecule has 6 rings (SSSR count). The maximum atomic E-state index is 14.6. The fourth-order valence-electron chi connectivity index (χ4n) is 6.40. The van der Waals surface area contributed by atoms with Crippen molar-refractivity contribution in [2.45, 2.75) is 87.2 Å². The molecule has 1 aliphatic carbocycles. The summed E-state index contributed by atoms with van der Waals surface area (Å²) in [5.74, 6) is 0.177. The van der Waals surface area contributed by atoms with Crippen molar-refractivity contribution in [3.05, 3.63) is 28.6 Å². The molecule has 1 saturated carbocycles. The lowest BCUT2D eigenvalue weighted by Gasteiger charge is -2.38. The third kappa shape index (κ3) is 6.67. The van der Waals surface area contributed by atoms with Crippen LogP contribution in [0.15, 0.2) is 17.0 Å². The Balaban J connectivity index is 1.42. The Bertz CT molecular complexity index is 1810. The predicted molar refractivity (Wildman–Crippen MR) is 177 cm³/mol. The summed E-state index contributed by atoms with van der Waals surface area (Å²) in [6.45, 7) is 16.6. The van der Waals surface area contributed by atoms with Crippen LogP contribution in [-0.2, 0) is 26.6 Å². The van der Waals surface area contributed by atoms with Crippen LogP contribution in [-0.4, -0.2) is 96.3 Å². The monoisotopic (exact) mass is 706 g/mol. The van der Waals surface area contributed by atoms with Gasteiger partial charge in [-0.1, -0.05) is 35.3 Å². The highest BCUT2D eigenvalue weighted by Gasteiger charge is 2.61. The number of benzene rings is 1. The molecule has 12 nitrogen and oxygen atoms in total. The van der Waals surface area contributed by atoms with Gasteiger partial charge in [-0.25, -0.2) is 23.8 Å². The SMILES string of the molecule is [C-]#[N+]C1(N(COCC[Si](C)(C)C)S(=O)(=O)c2cc(N3CCC(N4CCCC4=O)CC3)c3c(c2)c(-c2nnc(C(F)F)s2)nn3C)CC1. The third-order valence-corrected chi connectivity index (χ3v) is 13.7. The van der Waals surface area contributed by atoms with Gasteiger partial charge in [-0.05, 0) is 37.4 Å². The van der Waals surface area contributed by atoms with E-state index in [1.165, 1.54) is 10.4 Å². The molecule has 0 radical (unpaired) electrons. The largest absolute Gasteiger partial charge is 0.370 e. The number of alkyl halides is 2. The molecular formula is C30H40F2N8O4S2Si. The summed E-state index contributed by atoms with van der Waals surface area (Å²) >= 11 is 0.716. The van der Waals surface area contributed by atoms with Crippen LogP contribution in [0.3, 0.4) is 0 Å². The number of hydrogen-bond acceptors (Lipinski definition) is 9. The van der Waals surface area contributed by atoms with E-state index >= 15 is 0 Å². The molecule has 0 N–H and O–H groups in total. The first-order valence-corrected chi connectivity index (χ1v) is 21.9. The fraction of sp³-hybridized carbons (Fsp3) is 0.633. The number of ether oxygens (including phenoxy) is 1. The van der Waals surface area contributed by atoms with E-state index in [0.29, 0.717) is 66.9 Å². The molecule has 254 valence electrons. The maximum Gasteiger partial charge on any atom is 0.303 e. The zero-order valence-corrected chi connectivity index (χ0v) is 29.7.